The van der Waals surface area contributed by atoms with Crippen LogP contribution >= 0.6 is 11.8 Å². The lowest BCUT2D eigenvalue weighted by atomic mass is 10.1. The Kier molecular flexibility index (Phi) is 4.49. The first-order valence-electron chi connectivity index (χ1n) is 4.72. The molecule has 0 saturated carbocycles. The van der Waals surface area contributed by atoms with Crippen molar-refractivity contribution < 1.29 is 9.90 Å². The summed E-state index contributed by atoms with van der Waals surface area (Å²) < 4.78 is 0. The van der Waals surface area contributed by atoms with Crippen LogP contribution in [0.1, 0.15) is 15.9 Å². The molecule has 3 nitrogen and oxygen atoms in total. The molecule has 0 aromatic heterocycles. The molecule has 0 bridgehead atoms. The van der Waals surface area contributed by atoms with E-state index in [4.69, 9.17) is 5.11 Å². The quantitative estimate of drug-likeness (QED) is 0.756. The van der Waals surface area contributed by atoms with Gasteiger partial charge < -0.3 is 10.4 Å². The van der Waals surface area contributed by atoms with Crippen molar-refractivity contribution in [1.29, 1.82) is 0 Å². The summed E-state index contributed by atoms with van der Waals surface area (Å²) in [4.78, 5) is 10.8. The second kappa shape index (κ2) is 5.66. The van der Waals surface area contributed by atoms with E-state index in [0.29, 0.717) is 5.56 Å². The first-order valence-corrected chi connectivity index (χ1v) is 6.11. The van der Waals surface area contributed by atoms with E-state index < -0.39 is 5.97 Å². The number of carboxylic acid groups (broad SMARTS) is 1. The van der Waals surface area contributed by atoms with Crippen LogP contribution in [0.4, 0.5) is 5.69 Å². The number of carboxylic acids is 1. The van der Waals surface area contributed by atoms with Gasteiger partial charge in [0.25, 0.3) is 0 Å². The molecule has 2 N–H and O–H groups in total. The van der Waals surface area contributed by atoms with Gasteiger partial charge in [0.05, 0.1) is 5.56 Å². The van der Waals surface area contributed by atoms with E-state index in [-0.39, 0.29) is 0 Å². The maximum atomic E-state index is 10.8. The summed E-state index contributed by atoms with van der Waals surface area (Å²) in [5.41, 5.74) is 2.13. The third-order valence-electron chi connectivity index (χ3n) is 2.09. The molecule has 0 saturated heterocycles. The molecule has 15 heavy (non-hydrogen) atoms. The molecule has 1 aromatic carbocycles. The van der Waals surface area contributed by atoms with Gasteiger partial charge >= 0.3 is 5.97 Å². The number of benzene rings is 1. The molecule has 0 atom stereocenters. The third-order valence-corrected chi connectivity index (χ3v) is 2.70. The van der Waals surface area contributed by atoms with Crippen LogP contribution in [0.2, 0.25) is 0 Å². The number of nitrogens with one attached hydrogen (secondary N) is 1. The zero-order chi connectivity index (χ0) is 11.3. The summed E-state index contributed by atoms with van der Waals surface area (Å²) in [5, 5.41) is 12.1. The normalized spacial score (nSPS) is 10.0. The van der Waals surface area contributed by atoms with E-state index in [1.54, 1.807) is 23.9 Å². The van der Waals surface area contributed by atoms with Crippen molar-refractivity contribution in [3.8, 4) is 0 Å². The first-order chi connectivity index (χ1) is 7.15. The average Bonchev–Trinajstić information content (AvgIpc) is 2.17. The third kappa shape index (κ3) is 3.47. The summed E-state index contributed by atoms with van der Waals surface area (Å²) in [7, 11) is 0. The van der Waals surface area contributed by atoms with Crippen molar-refractivity contribution in [2.45, 2.75) is 6.92 Å². The summed E-state index contributed by atoms with van der Waals surface area (Å²) in [6, 6.07) is 5.31. The molecular weight excluding hydrogens is 210 g/mol. The van der Waals surface area contributed by atoms with Crippen molar-refractivity contribution in [3.63, 3.8) is 0 Å². The van der Waals surface area contributed by atoms with Crippen molar-refractivity contribution in [2.75, 3.05) is 23.9 Å². The fraction of sp³-hybridized carbons (Fsp3) is 0.364. The molecule has 82 valence electrons. The molecule has 0 radical (unpaired) electrons. The van der Waals surface area contributed by atoms with E-state index in [1.807, 2.05) is 13.0 Å². The van der Waals surface area contributed by atoms with Crippen molar-refractivity contribution in [3.05, 3.63) is 29.3 Å². The number of hydrogen-bond donors (Lipinski definition) is 2. The fourth-order valence-electron chi connectivity index (χ4n) is 1.31. The predicted molar refractivity (Wildman–Crippen MR) is 65.0 cm³/mol. The van der Waals surface area contributed by atoms with Crippen molar-refractivity contribution in [2.24, 2.45) is 0 Å². The highest BCUT2D eigenvalue weighted by molar-refractivity contribution is 7.98. The molecule has 0 aliphatic heterocycles. The number of hydrogen-bond acceptors (Lipinski definition) is 3. The highest BCUT2D eigenvalue weighted by atomic mass is 32.2. The maximum absolute atomic E-state index is 10.8. The van der Waals surface area contributed by atoms with Gasteiger partial charge in [-0.2, -0.15) is 11.8 Å². The largest absolute Gasteiger partial charge is 0.478 e. The lowest BCUT2D eigenvalue weighted by Crippen LogP contribution is -2.05. The monoisotopic (exact) mass is 225 g/mol. The second-order valence-electron chi connectivity index (χ2n) is 3.25. The number of anilines is 1. The molecule has 1 rings (SSSR count). The molecule has 0 fully saturated rings. The average molecular weight is 225 g/mol. The van der Waals surface area contributed by atoms with Gasteiger partial charge in [-0.05, 0) is 36.9 Å². The first kappa shape index (κ1) is 11.9. The summed E-state index contributed by atoms with van der Waals surface area (Å²) in [5.74, 6) is 0.169. The van der Waals surface area contributed by atoms with Crippen LogP contribution in [0, 0.1) is 6.92 Å². The zero-order valence-electron chi connectivity index (χ0n) is 8.91. The Labute approximate surface area is 93.9 Å². The van der Waals surface area contributed by atoms with Gasteiger partial charge in [-0.3, -0.25) is 0 Å². The minimum absolute atomic E-state index is 0.366. The predicted octanol–water partition coefficient (Wildman–Crippen LogP) is 2.47. The van der Waals surface area contributed by atoms with Gasteiger partial charge in [0, 0.05) is 18.0 Å². The van der Waals surface area contributed by atoms with Crippen molar-refractivity contribution in [1.82, 2.24) is 0 Å². The maximum Gasteiger partial charge on any atom is 0.335 e. The standard InChI is InChI=1S/C11H15NO2S/c1-8-7-9(12-5-6-15-2)3-4-10(8)11(13)14/h3-4,7,12H,5-6H2,1-2H3,(H,13,14). The van der Waals surface area contributed by atoms with Crippen molar-refractivity contribution >= 4 is 23.4 Å². The van der Waals surface area contributed by atoms with E-state index in [1.165, 1.54) is 0 Å². The summed E-state index contributed by atoms with van der Waals surface area (Å²) in [6.07, 6.45) is 2.06. The summed E-state index contributed by atoms with van der Waals surface area (Å²) >= 11 is 1.78. The molecule has 0 aliphatic rings. The van der Waals surface area contributed by atoms with Crippen LogP contribution in [0.5, 0.6) is 0 Å². The molecule has 1 aromatic rings. The van der Waals surface area contributed by atoms with Gasteiger partial charge in [-0.25, -0.2) is 4.79 Å². The molecule has 0 unspecified atom stereocenters. The van der Waals surface area contributed by atoms with Crippen LogP contribution in [-0.2, 0) is 0 Å². The number of aryl methyl sites for hydroxylation is 1. The van der Waals surface area contributed by atoms with Crippen LogP contribution in [-0.4, -0.2) is 29.6 Å². The molecular formula is C11H15NO2S. The minimum atomic E-state index is -0.872. The fourth-order valence-corrected chi connectivity index (χ4v) is 1.62. The number of rotatable bonds is 5. The molecule has 0 spiro atoms. The Hall–Kier alpha value is -1.16. The van der Waals surface area contributed by atoms with Gasteiger partial charge in [0.2, 0.25) is 0 Å². The molecule has 0 amide bonds. The smallest absolute Gasteiger partial charge is 0.335 e. The van der Waals surface area contributed by atoms with Crippen LogP contribution in [0.25, 0.3) is 0 Å². The van der Waals surface area contributed by atoms with E-state index in [2.05, 4.69) is 11.6 Å². The van der Waals surface area contributed by atoms with E-state index in [0.717, 1.165) is 23.5 Å². The zero-order valence-corrected chi connectivity index (χ0v) is 9.73. The Bertz CT molecular complexity index is 352. The Balaban J connectivity index is 2.69. The highest BCUT2D eigenvalue weighted by Crippen LogP contribution is 2.15. The minimum Gasteiger partial charge on any atom is -0.478 e. The van der Waals surface area contributed by atoms with Crippen LogP contribution in [0.15, 0.2) is 18.2 Å². The highest BCUT2D eigenvalue weighted by Gasteiger charge is 2.06. The molecule has 0 heterocycles. The second-order valence-corrected chi connectivity index (χ2v) is 4.24. The van der Waals surface area contributed by atoms with Gasteiger partial charge in [-0.15, -0.1) is 0 Å². The van der Waals surface area contributed by atoms with Crippen LogP contribution < -0.4 is 5.32 Å². The number of carbonyl (C=O) groups is 1. The number of aromatic carboxylic acids is 1. The lowest BCUT2D eigenvalue weighted by molar-refractivity contribution is 0.0696. The Morgan fingerprint density at radius 2 is 2.27 bits per heavy atom. The van der Waals surface area contributed by atoms with Crippen LogP contribution in [0.3, 0.4) is 0 Å². The SMILES string of the molecule is CSCCNc1ccc(C(=O)O)c(C)c1. The topological polar surface area (TPSA) is 49.3 Å². The lowest BCUT2D eigenvalue weighted by Gasteiger charge is -2.07. The summed E-state index contributed by atoms with van der Waals surface area (Å²) in [6.45, 7) is 2.70. The van der Waals surface area contributed by atoms with Gasteiger partial charge in [0.1, 0.15) is 0 Å². The molecule has 4 heteroatoms. The van der Waals surface area contributed by atoms with E-state index in [9.17, 15) is 4.79 Å². The van der Waals surface area contributed by atoms with Gasteiger partial charge in [-0.1, -0.05) is 0 Å². The van der Waals surface area contributed by atoms with Gasteiger partial charge in [0.15, 0.2) is 0 Å². The van der Waals surface area contributed by atoms with E-state index >= 15 is 0 Å². The Morgan fingerprint density at radius 1 is 1.53 bits per heavy atom. The Morgan fingerprint density at radius 3 is 2.80 bits per heavy atom. The number of thioether (sulfide) groups is 1. The molecule has 0 aliphatic carbocycles.